The van der Waals surface area contributed by atoms with Crippen LogP contribution in [-0.4, -0.2) is 0 Å². The van der Waals surface area contributed by atoms with Crippen molar-refractivity contribution in [3.63, 3.8) is 0 Å². The van der Waals surface area contributed by atoms with Crippen LogP contribution in [0.2, 0.25) is 0 Å². The second-order valence-electron chi connectivity index (χ2n) is 9.51. The lowest BCUT2D eigenvalue weighted by Crippen LogP contribution is -2.00. The molecule has 0 saturated heterocycles. The van der Waals surface area contributed by atoms with Crippen LogP contribution in [0.25, 0.3) is 17.2 Å². The third-order valence-electron chi connectivity index (χ3n) is 6.06. The summed E-state index contributed by atoms with van der Waals surface area (Å²) in [7, 11) is 0. The summed E-state index contributed by atoms with van der Waals surface area (Å²) >= 11 is 0. The normalized spacial score (nSPS) is 13.9. The maximum Gasteiger partial charge on any atom is -0.00550 e. The Labute approximate surface area is 166 Å². The summed E-state index contributed by atoms with van der Waals surface area (Å²) in [6.07, 6.45) is 3.59. The van der Waals surface area contributed by atoms with Gasteiger partial charge < -0.3 is 0 Å². The van der Waals surface area contributed by atoms with Gasteiger partial charge in [-0.05, 0) is 69.0 Å². The Morgan fingerprint density at radius 1 is 0.667 bits per heavy atom. The van der Waals surface area contributed by atoms with Gasteiger partial charge in [0, 0.05) is 0 Å². The van der Waals surface area contributed by atoms with E-state index in [1.807, 2.05) is 0 Å². The van der Waals surface area contributed by atoms with E-state index in [0.717, 1.165) is 6.42 Å². The summed E-state index contributed by atoms with van der Waals surface area (Å²) < 4.78 is 0. The van der Waals surface area contributed by atoms with E-state index in [0.29, 0.717) is 23.7 Å². The second-order valence-corrected chi connectivity index (χ2v) is 9.51. The van der Waals surface area contributed by atoms with E-state index < -0.39 is 0 Å². The quantitative estimate of drug-likeness (QED) is 0.503. The Kier molecular flexibility index (Phi) is 5.65. The van der Waals surface area contributed by atoms with Gasteiger partial charge >= 0.3 is 0 Å². The maximum atomic E-state index is 2.48. The SMILES string of the molecule is CC(C)C1=Cc2c(ccc(C(C)C)c2-c2cc(C(C)C)cc(C(C)C)c2)C1. The fourth-order valence-corrected chi connectivity index (χ4v) is 4.12. The summed E-state index contributed by atoms with van der Waals surface area (Å²) in [5.41, 5.74) is 11.8. The number of hydrogen-bond acceptors (Lipinski definition) is 0. The van der Waals surface area contributed by atoms with Crippen LogP contribution in [0.1, 0.15) is 101 Å². The number of hydrogen-bond donors (Lipinski definition) is 0. The first-order valence-corrected chi connectivity index (χ1v) is 10.7. The van der Waals surface area contributed by atoms with Gasteiger partial charge in [0.2, 0.25) is 0 Å². The maximum absolute atomic E-state index is 2.48. The smallest absolute Gasteiger partial charge is 0.00550 e. The highest BCUT2D eigenvalue weighted by Gasteiger charge is 2.23. The first-order valence-electron chi connectivity index (χ1n) is 10.7. The molecule has 0 aliphatic heterocycles. The lowest BCUT2D eigenvalue weighted by Gasteiger charge is -2.20. The molecule has 0 radical (unpaired) electrons. The second kappa shape index (κ2) is 7.66. The molecular formula is C27H36. The van der Waals surface area contributed by atoms with E-state index in [1.165, 1.54) is 38.9 Å². The molecule has 0 bridgehead atoms. The summed E-state index contributed by atoms with van der Waals surface area (Å²) in [5.74, 6) is 2.22. The fourth-order valence-electron chi connectivity index (χ4n) is 4.12. The van der Waals surface area contributed by atoms with Crippen LogP contribution in [0.4, 0.5) is 0 Å². The highest BCUT2D eigenvalue weighted by molar-refractivity contribution is 5.84. The minimum atomic E-state index is 0.520. The van der Waals surface area contributed by atoms with Gasteiger partial charge in [-0.3, -0.25) is 0 Å². The molecule has 2 aromatic rings. The fraction of sp³-hybridized carbons (Fsp3) is 0.481. The molecule has 1 aliphatic carbocycles. The molecule has 0 heterocycles. The summed E-state index contributed by atoms with van der Waals surface area (Å²) in [6.45, 7) is 18.5. The number of benzene rings is 2. The Morgan fingerprint density at radius 2 is 1.26 bits per heavy atom. The topological polar surface area (TPSA) is 0 Å². The molecule has 0 nitrogen and oxygen atoms in total. The van der Waals surface area contributed by atoms with Gasteiger partial charge in [0.25, 0.3) is 0 Å². The number of allylic oxidation sites excluding steroid dienone is 1. The van der Waals surface area contributed by atoms with Gasteiger partial charge in [-0.25, -0.2) is 0 Å². The third kappa shape index (κ3) is 3.91. The first-order chi connectivity index (χ1) is 12.7. The lowest BCUT2D eigenvalue weighted by molar-refractivity contribution is 0.754. The van der Waals surface area contributed by atoms with Crippen molar-refractivity contribution in [3.8, 4) is 11.1 Å². The highest BCUT2D eigenvalue weighted by Crippen LogP contribution is 2.42. The molecule has 2 aromatic carbocycles. The van der Waals surface area contributed by atoms with Crippen LogP contribution >= 0.6 is 0 Å². The molecule has 0 atom stereocenters. The van der Waals surface area contributed by atoms with Crippen molar-refractivity contribution in [2.45, 2.75) is 79.6 Å². The summed E-state index contributed by atoms with van der Waals surface area (Å²) in [6, 6.07) is 12.0. The molecular weight excluding hydrogens is 324 g/mol. The van der Waals surface area contributed by atoms with E-state index in [2.05, 4.69) is 91.8 Å². The van der Waals surface area contributed by atoms with E-state index >= 15 is 0 Å². The predicted octanol–water partition coefficient (Wildman–Crippen LogP) is 8.32. The first kappa shape index (κ1) is 19.9. The van der Waals surface area contributed by atoms with E-state index in [9.17, 15) is 0 Å². The molecule has 0 aromatic heterocycles. The van der Waals surface area contributed by atoms with E-state index in [4.69, 9.17) is 0 Å². The minimum absolute atomic E-state index is 0.520. The van der Waals surface area contributed by atoms with Crippen molar-refractivity contribution in [2.75, 3.05) is 0 Å². The average molecular weight is 361 g/mol. The van der Waals surface area contributed by atoms with Crippen molar-refractivity contribution >= 4 is 6.08 Å². The van der Waals surface area contributed by atoms with Crippen molar-refractivity contribution in [3.05, 3.63) is 63.7 Å². The van der Waals surface area contributed by atoms with Crippen molar-refractivity contribution in [2.24, 2.45) is 5.92 Å². The molecule has 27 heavy (non-hydrogen) atoms. The van der Waals surface area contributed by atoms with Crippen molar-refractivity contribution in [1.29, 1.82) is 0 Å². The largest absolute Gasteiger partial charge is 0.0626 e. The van der Waals surface area contributed by atoms with Gasteiger partial charge in [0.1, 0.15) is 0 Å². The molecule has 3 rings (SSSR count). The molecule has 0 saturated carbocycles. The monoisotopic (exact) mass is 360 g/mol. The molecule has 0 fully saturated rings. The molecule has 144 valence electrons. The Bertz CT molecular complexity index is 834. The zero-order chi connectivity index (χ0) is 19.9. The van der Waals surface area contributed by atoms with Gasteiger partial charge in [0.15, 0.2) is 0 Å². The van der Waals surface area contributed by atoms with Crippen molar-refractivity contribution < 1.29 is 0 Å². The predicted molar refractivity (Wildman–Crippen MR) is 121 cm³/mol. The molecule has 0 N–H and O–H groups in total. The van der Waals surface area contributed by atoms with E-state index in [1.54, 1.807) is 5.57 Å². The number of rotatable bonds is 5. The van der Waals surface area contributed by atoms with Crippen LogP contribution in [0.3, 0.4) is 0 Å². The average Bonchev–Trinajstić information content (AvgIpc) is 3.04. The molecule has 0 heteroatoms. The zero-order valence-corrected chi connectivity index (χ0v) is 18.5. The summed E-state index contributed by atoms with van der Waals surface area (Å²) in [4.78, 5) is 0. The Hall–Kier alpha value is -1.82. The zero-order valence-electron chi connectivity index (χ0n) is 18.5. The van der Waals surface area contributed by atoms with Crippen molar-refractivity contribution in [1.82, 2.24) is 0 Å². The van der Waals surface area contributed by atoms with Crippen LogP contribution < -0.4 is 0 Å². The van der Waals surface area contributed by atoms with Gasteiger partial charge in [-0.2, -0.15) is 0 Å². The lowest BCUT2D eigenvalue weighted by atomic mass is 9.84. The molecule has 0 amide bonds. The van der Waals surface area contributed by atoms with Crippen LogP contribution in [-0.2, 0) is 6.42 Å². The number of fused-ring (bicyclic) bond motifs is 1. The third-order valence-corrected chi connectivity index (χ3v) is 6.06. The van der Waals surface area contributed by atoms with Gasteiger partial charge in [0.05, 0.1) is 0 Å². The minimum Gasteiger partial charge on any atom is -0.0626 e. The Morgan fingerprint density at radius 3 is 1.74 bits per heavy atom. The van der Waals surface area contributed by atoms with Crippen LogP contribution in [0, 0.1) is 5.92 Å². The molecule has 0 unspecified atom stereocenters. The highest BCUT2D eigenvalue weighted by atomic mass is 14.3. The van der Waals surface area contributed by atoms with Gasteiger partial charge in [-0.15, -0.1) is 0 Å². The standard InChI is InChI=1S/C27H36/c1-16(2)21-12-22(17(3)4)14-24(13-21)27-25(19(7)8)10-9-20-11-23(18(5)6)15-26(20)27/h9-10,12-19H,11H2,1-8H3. The van der Waals surface area contributed by atoms with E-state index in [-0.39, 0.29) is 0 Å². The Balaban J connectivity index is 2.30. The summed E-state index contributed by atoms with van der Waals surface area (Å²) in [5, 5.41) is 0. The van der Waals surface area contributed by atoms with Gasteiger partial charge in [-0.1, -0.05) is 97.4 Å². The van der Waals surface area contributed by atoms with Crippen LogP contribution in [0.5, 0.6) is 0 Å². The van der Waals surface area contributed by atoms with Crippen LogP contribution in [0.15, 0.2) is 35.9 Å². The molecule has 1 aliphatic rings. The molecule has 0 spiro atoms.